The molecule has 0 saturated carbocycles. The van der Waals surface area contributed by atoms with Gasteiger partial charge in [0.2, 0.25) is 0 Å². The van der Waals surface area contributed by atoms with Gasteiger partial charge in [-0.25, -0.2) is 0 Å². The number of hydrogen-bond acceptors (Lipinski definition) is 2. The third-order valence-electron chi connectivity index (χ3n) is 8.19. The van der Waals surface area contributed by atoms with Crippen molar-refractivity contribution in [2.75, 3.05) is 18.0 Å². The molecule has 0 aromatic heterocycles. The van der Waals surface area contributed by atoms with Crippen LogP contribution in [0.3, 0.4) is 0 Å². The summed E-state index contributed by atoms with van der Waals surface area (Å²) in [6.45, 7) is 6.89. The van der Waals surface area contributed by atoms with Crippen LogP contribution in [0, 0.1) is 11.8 Å². The monoisotopic (exact) mass is 557 g/mol. The Bertz CT molecular complexity index is 926. The van der Waals surface area contributed by atoms with E-state index in [1.807, 2.05) is 24.3 Å². The highest BCUT2D eigenvalue weighted by Gasteiger charge is 2.07. The van der Waals surface area contributed by atoms with Gasteiger partial charge in [0.15, 0.2) is 0 Å². The minimum absolute atomic E-state index is 0.685. The van der Waals surface area contributed by atoms with Crippen LogP contribution in [0.15, 0.2) is 48.5 Å². The first-order chi connectivity index (χ1) is 20.3. The summed E-state index contributed by atoms with van der Waals surface area (Å²) in [5.41, 5.74) is 3.98. The summed E-state index contributed by atoms with van der Waals surface area (Å²) in [5.74, 6) is 6.51. The largest absolute Gasteiger partial charge is 0.372 e. The molecule has 0 N–H and O–H groups in total. The fourth-order valence-corrected chi connectivity index (χ4v) is 5.50. The molecule has 0 aliphatic rings. The standard InChI is InChI=1S/C39H59NO/c1-3-5-7-9-11-13-15-17-19-21-33-40(34-22-20-18-16-14-12-10-8-6-4-2)39-31-29-37(30-32-39)24-23-36-25-27-38(35-41)28-26-36/h25-32,35H,3-22,33-34H2,1-2H3. The highest BCUT2D eigenvalue weighted by molar-refractivity contribution is 5.74. The van der Waals surface area contributed by atoms with Crippen LogP contribution in [0.5, 0.6) is 0 Å². The smallest absolute Gasteiger partial charge is 0.150 e. The minimum atomic E-state index is 0.685. The lowest BCUT2D eigenvalue weighted by molar-refractivity contribution is 0.112. The molecule has 0 fully saturated rings. The van der Waals surface area contributed by atoms with Crippen molar-refractivity contribution in [2.45, 2.75) is 142 Å². The molecule has 0 amide bonds. The van der Waals surface area contributed by atoms with Gasteiger partial charge in [0.1, 0.15) is 6.29 Å². The summed E-state index contributed by atoms with van der Waals surface area (Å²) in [5, 5.41) is 0. The van der Waals surface area contributed by atoms with Crippen molar-refractivity contribution in [1.29, 1.82) is 0 Å². The average molecular weight is 558 g/mol. The van der Waals surface area contributed by atoms with Gasteiger partial charge in [-0.1, -0.05) is 153 Å². The number of carbonyl (C=O) groups excluding carboxylic acids is 1. The van der Waals surface area contributed by atoms with Crippen molar-refractivity contribution >= 4 is 12.0 Å². The summed E-state index contributed by atoms with van der Waals surface area (Å²) in [6.07, 6.45) is 28.5. The maximum atomic E-state index is 10.9. The first-order valence-corrected chi connectivity index (χ1v) is 17.2. The predicted octanol–water partition coefficient (Wildman–Crippen LogP) is 11.5. The lowest BCUT2D eigenvalue weighted by Gasteiger charge is -2.25. The third kappa shape index (κ3) is 17.1. The number of hydrogen-bond donors (Lipinski definition) is 0. The average Bonchev–Trinajstić information content (AvgIpc) is 3.01. The zero-order valence-corrected chi connectivity index (χ0v) is 26.6. The molecule has 41 heavy (non-hydrogen) atoms. The molecule has 0 radical (unpaired) electrons. The molecule has 2 nitrogen and oxygen atoms in total. The molecule has 0 spiro atoms. The van der Waals surface area contributed by atoms with E-state index in [1.165, 1.54) is 134 Å². The molecule has 0 aliphatic heterocycles. The third-order valence-corrected chi connectivity index (χ3v) is 8.19. The van der Waals surface area contributed by atoms with E-state index in [0.717, 1.165) is 30.5 Å². The van der Waals surface area contributed by atoms with Crippen molar-refractivity contribution in [2.24, 2.45) is 0 Å². The van der Waals surface area contributed by atoms with Crippen LogP contribution in [-0.4, -0.2) is 19.4 Å². The highest BCUT2D eigenvalue weighted by atomic mass is 16.1. The van der Waals surface area contributed by atoms with E-state index in [1.54, 1.807) is 0 Å². The minimum Gasteiger partial charge on any atom is -0.372 e. The lowest BCUT2D eigenvalue weighted by atomic mass is 10.1. The van der Waals surface area contributed by atoms with Crippen molar-refractivity contribution in [3.63, 3.8) is 0 Å². The quantitative estimate of drug-likeness (QED) is 0.0726. The van der Waals surface area contributed by atoms with Crippen LogP contribution >= 0.6 is 0 Å². The summed E-state index contributed by atoms with van der Waals surface area (Å²) in [6, 6.07) is 16.3. The van der Waals surface area contributed by atoms with E-state index in [9.17, 15) is 4.79 Å². The zero-order valence-electron chi connectivity index (χ0n) is 26.6. The van der Waals surface area contributed by atoms with Crippen molar-refractivity contribution < 1.29 is 4.79 Å². The normalized spacial score (nSPS) is 10.8. The summed E-state index contributed by atoms with van der Waals surface area (Å²) >= 11 is 0. The zero-order chi connectivity index (χ0) is 29.2. The molecule has 0 aliphatic carbocycles. The molecule has 226 valence electrons. The molecule has 0 unspecified atom stereocenters. The number of anilines is 1. The Kier molecular flexibility index (Phi) is 20.4. The highest BCUT2D eigenvalue weighted by Crippen LogP contribution is 2.19. The van der Waals surface area contributed by atoms with Gasteiger partial charge in [-0.3, -0.25) is 4.79 Å². The molecule has 2 aromatic carbocycles. The second-order valence-corrected chi connectivity index (χ2v) is 11.9. The Hall–Kier alpha value is -2.53. The maximum Gasteiger partial charge on any atom is 0.150 e. The topological polar surface area (TPSA) is 20.3 Å². The van der Waals surface area contributed by atoms with E-state index in [-0.39, 0.29) is 0 Å². The van der Waals surface area contributed by atoms with Gasteiger partial charge < -0.3 is 4.90 Å². The molecule has 2 rings (SSSR count). The number of unbranched alkanes of at least 4 members (excludes halogenated alkanes) is 18. The van der Waals surface area contributed by atoms with Gasteiger partial charge in [0, 0.05) is 35.5 Å². The van der Waals surface area contributed by atoms with Gasteiger partial charge >= 0.3 is 0 Å². The number of rotatable bonds is 24. The first kappa shape index (κ1) is 34.7. The van der Waals surface area contributed by atoms with Crippen molar-refractivity contribution in [3.8, 4) is 11.8 Å². The molecule has 0 atom stereocenters. The fourth-order valence-electron chi connectivity index (χ4n) is 5.50. The van der Waals surface area contributed by atoms with Crippen LogP contribution in [0.25, 0.3) is 0 Å². The second kappa shape index (κ2) is 24.1. The van der Waals surface area contributed by atoms with Crippen LogP contribution in [-0.2, 0) is 0 Å². The fraction of sp³-hybridized carbons (Fsp3) is 0.615. The first-order valence-electron chi connectivity index (χ1n) is 17.2. The lowest BCUT2D eigenvalue weighted by Crippen LogP contribution is -2.25. The number of aldehydes is 1. The summed E-state index contributed by atoms with van der Waals surface area (Å²) in [4.78, 5) is 13.5. The van der Waals surface area contributed by atoms with Crippen molar-refractivity contribution in [1.82, 2.24) is 0 Å². The Labute approximate surface area is 253 Å². The summed E-state index contributed by atoms with van der Waals surface area (Å²) < 4.78 is 0. The van der Waals surface area contributed by atoms with E-state index in [4.69, 9.17) is 0 Å². The van der Waals surface area contributed by atoms with Crippen LogP contribution in [0.2, 0.25) is 0 Å². The van der Waals surface area contributed by atoms with Crippen LogP contribution in [0.4, 0.5) is 5.69 Å². The van der Waals surface area contributed by atoms with E-state index in [0.29, 0.717) is 5.56 Å². The Morgan fingerprint density at radius 1 is 0.488 bits per heavy atom. The van der Waals surface area contributed by atoms with E-state index in [2.05, 4.69) is 54.9 Å². The maximum absolute atomic E-state index is 10.9. The Balaban J connectivity index is 1.79. The second-order valence-electron chi connectivity index (χ2n) is 11.9. The summed E-state index contributed by atoms with van der Waals surface area (Å²) in [7, 11) is 0. The van der Waals surface area contributed by atoms with Crippen LogP contribution in [0.1, 0.15) is 164 Å². The molecule has 0 heterocycles. The van der Waals surface area contributed by atoms with Gasteiger partial charge in [-0.2, -0.15) is 0 Å². The van der Waals surface area contributed by atoms with Crippen LogP contribution < -0.4 is 4.90 Å². The number of benzene rings is 2. The van der Waals surface area contributed by atoms with Crippen molar-refractivity contribution in [3.05, 3.63) is 65.2 Å². The van der Waals surface area contributed by atoms with Gasteiger partial charge in [0.25, 0.3) is 0 Å². The van der Waals surface area contributed by atoms with Gasteiger partial charge in [-0.15, -0.1) is 0 Å². The molecule has 0 bridgehead atoms. The Morgan fingerprint density at radius 3 is 1.20 bits per heavy atom. The van der Waals surface area contributed by atoms with Gasteiger partial charge in [-0.05, 0) is 49.2 Å². The van der Waals surface area contributed by atoms with E-state index < -0.39 is 0 Å². The SMILES string of the molecule is CCCCCCCCCCCCN(CCCCCCCCCCCC)c1ccc(C#Cc2ccc(C=O)cc2)cc1. The molecule has 2 aromatic rings. The number of nitrogens with zero attached hydrogens (tertiary/aromatic N) is 1. The predicted molar refractivity (Wildman–Crippen MR) is 180 cm³/mol. The molecule has 2 heteroatoms. The van der Waals surface area contributed by atoms with Gasteiger partial charge in [0.05, 0.1) is 0 Å². The Morgan fingerprint density at radius 2 is 0.829 bits per heavy atom. The molecular formula is C39H59NO. The molecule has 0 saturated heterocycles. The van der Waals surface area contributed by atoms with E-state index >= 15 is 0 Å². The molecular weight excluding hydrogens is 498 g/mol. The number of carbonyl (C=O) groups is 1.